The summed E-state index contributed by atoms with van der Waals surface area (Å²) in [7, 11) is 2.11. The Labute approximate surface area is 141 Å². The molecule has 2 aromatic rings. The summed E-state index contributed by atoms with van der Waals surface area (Å²) in [5.74, 6) is 0.0554. The number of thiophene rings is 1. The van der Waals surface area contributed by atoms with Gasteiger partial charge in [0.1, 0.15) is 0 Å². The molecule has 2 heterocycles. The smallest absolute Gasteiger partial charge is 0.224 e. The molecule has 3 rings (SSSR count). The van der Waals surface area contributed by atoms with Gasteiger partial charge in [-0.2, -0.15) is 0 Å². The Balaban J connectivity index is 1.51. The molecule has 0 bridgehead atoms. The van der Waals surface area contributed by atoms with Gasteiger partial charge in [-0.1, -0.05) is 18.2 Å². The van der Waals surface area contributed by atoms with E-state index in [-0.39, 0.29) is 12.0 Å². The quantitative estimate of drug-likeness (QED) is 0.914. The van der Waals surface area contributed by atoms with Gasteiger partial charge in [0.15, 0.2) is 0 Å². The Bertz CT molecular complexity index is 625. The number of hydrogen-bond acceptors (Lipinski definition) is 4. The highest BCUT2D eigenvalue weighted by atomic mass is 32.1. The van der Waals surface area contributed by atoms with Crippen LogP contribution >= 0.6 is 11.3 Å². The molecule has 1 fully saturated rings. The van der Waals surface area contributed by atoms with E-state index in [9.17, 15) is 4.79 Å². The first-order valence-corrected chi connectivity index (χ1v) is 8.81. The monoisotopic (exact) mass is 330 g/mol. The van der Waals surface area contributed by atoms with Gasteiger partial charge < -0.3 is 15.0 Å². The predicted molar refractivity (Wildman–Crippen MR) is 93.9 cm³/mol. The number of likely N-dealkylation sites (N-methyl/N-ethyl adjacent to an activating group) is 1. The van der Waals surface area contributed by atoms with Crippen LogP contribution in [0.3, 0.4) is 0 Å². The van der Waals surface area contributed by atoms with Crippen LogP contribution < -0.4 is 5.32 Å². The van der Waals surface area contributed by atoms with Crippen LogP contribution in [0.1, 0.15) is 23.0 Å². The summed E-state index contributed by atoms with van der Waals surface area (Å²) in [5, 5.41) is 5.00. The lowest BCUT2D eigenvalue weighted by atomic mass is 10.1. The maximum absolute atomic E-state index is 12.0. The van der Waals surface area contributed by atoms with E-state index in [1.807, 2.05) is 35.7 Å². The van der Waals surface area contributed by atoms with E-state index in [0.29, 0.717) is 6.42 Å². The van der Waals surface area contributed by atoms with Gasteiger partial charge in [-0.3, -0.25) is 4.79 Å². The topological polar surface area (TPSA) is 41.6 Å². The predicted octanol–water partition coefficient (Wildman–Crippen LogP) is 3.32. The van der Waals surface area contributed by atoms with E-state index in [0.717, 1.165) is 37.4 Å². The van der Waals surface area contributed by atoms with E-state index >= 15 is 0 Å². The molecule has 0 aliphatic carbocycles. The molecule has 122 valence electrons. The number of rotatable bonds is 5. The maximum atomic E-state index is 12.0. The number of carbonyl (C=O) groups is 1. The van der Waals surface area contributed by atoms with Crippen molar-refractivity contribution in [1.29, 1.82) is 0 Å². The number of aryl methyl sites for hydroxylation is 1. The fraction of sp³-hybridized carbons (Fsp3) is 0.389. The third-order valence-electron chi connectivity index (χ3n) is 4.01. The molecule has 1 amide bonds. The van der Waals surface area contributed by atoms with Crippen LogP contribution in [0.4, 0.5) is 5.69 Å². The molecule has 1 unspecified atom stereocenters. The Hall–Kier alpha value is -1.69. The number of nitrogens with zero attached hydrogens (tertiary/aromatic N) is 1. The summed E-state index contributed by atoms with van der Waals surface area (Å²) in [6, 6.07) is 12.1. The molecule has 23 heavy (non-hydrogen) atoms. The van der Waals surface area contributed by atoms with Crippen molar-refractivity contribution in [3.05, 3.63) is 52.2 Å². The number of carbonyl (C=O) groups excluding carboxylic acids is 1. The molecule has 4 nitrogen and oxygen atoms in total. The number of nitrogens with one attached hydrogen (secondary N) is 1. The van der Waals surface area contributed by atoms with Crippen LogP contribution in [0.2, 0.25) is 0 Å². The fourth-order valence-corrected chi connectivity index (χ4v) is 3.38. The van der Waals surface area contributed by atoms with Crippen LogP contribution in [-0.4, -0.2) is 37.6 Å². The highest BCUT2D eigenvalue weighted by Gasteiger charge is 2.19. The highest BCUT2D eigenvalue weighted by molar-refractivity contribution is 7.09. The van der Waals surface area contributed by atoms with E-state index in [2.05, 4.69) is 23.3 Å². The first-order chi connectivity index (χ1) is 11.2. The van der Waals surface area contributed by atoms with Gasteiger partial charge in [0.25, 0.3) is 0 Å². The third-order valence-corrected chi connectivity index (χ3v) is 4.95. The molecule has 1 saturated heterocycles. The van der Waals surface area contributed by atoms with Crippen molar-refractivity contribution in [3.8, 4) is 0 Å². The number of hydrogen-bond donors (Lipinski definition) is 1. The Morgan fingerprint density at radius 1 is 1.35 bits per heavy atom. The van der Waals surface area contributed by atoms with E-state index in [4.69, 9.17) is 4.74 Å². The number of ether oxygens (including phenoxy) is 1. The molecule has 5 heteroatoms. The second-order valence-corrected chi connectivity index (χ2v) is 6.90. The lowest BCUT2D eigenvalue weighted by molar-refractivity contribution is -0.116. The van der Waals surface area contributed by atoms with Gasteiger partial charge in [-0.25, -0.2) is 0 Å². The molecule has 1 aromatic carbocycles. The summed E-state index contributed by atoms with van der Waals surface area (Å²) >= 11 is 1.69. The minimum Gasteiger partial charge on any atom is -0.371 e. The van der Waals surface area contributed by atoms with Gasteiger partial charge in [-0.15, -0.1) is 11.3 Å². The zero-order valence-corrected chi connectivity index (χ0v) is 14.1. The second-order valence-electron chi connectivity index (χ2n) is 5.87. The van der Waals surface area contributed by atoms with Crippen LogP contribution in [0.15, 0.2) is 41.8 Å². The van der Waals surface area contributed by atoms with Crippen molar-refractivity contribution in [2.45, 2.75) is 18.9 Å². The molecule has 0 saturated carbocycles. The average Bonchev–Trinajstić information content (AvgIpc) is 3.07. The number of benzene rings is 1. The van der Waals surface area contributed by atoms with Crippen molar-refractivity contribution in [2.75, 3.05) is 32.1 Å². The summed E-state index contributed by atoms with van der Waals surface area (Å²) in [6.07, 6.45) is 1.43. The van der Waals surface area contributed by atoms with Crippen LogP contribution in [0.5, 0.6) is 0 Å². The second kappa shape index (κ2) is 7.73. The van der Waals surface area contributed by atoms with E-state index < -0.39 is 0 Å². The standard InChI is InChI=1S/C18H22N2O2S/c1-20-10-11-22-17(13-20)14-4-6-15(7-5-14)19-18(21)9-8-16-3-2-12-23-16/h2-7,12,17H,8-11,13H2,1H3,(H,19,21). The highest BCUT2D eigenvalue weighted by Crippen LogP contribution is 2.23. The molecule has 0 radical (unpaired) electrons. The zero-order valence-electron chi connectivity index (χ0n) is 13.3. The maximum Gasteiger partial charge on any atom is 0.224 e. The fourth-order valence-electron chi connectivity index (χ4n) is 2.68. The van der Waals surface area contributed by atoms with Crippen LogP contribution in [0, 0.1) is 0 Å². The Kier molecular flexibility index (Phi) is 5.43. The van der Waals surface area contributed by atoms with Crippen molar-refractivity contribution < 1.29 is 9.53 Å². The first kappa shape index (κ1) is 16.2. The molecule has 0 spiro atoms. The minimum atomic E-state index is 0.0554. The lowest BCUT2D eigenvalue weighted by Gasteiger charge is -2.30. The first-order valence-electron chi connectivity index (χ1n) is 7.93. The van der Waals surface area contributed by atoms with Gasteiger partial charge in [0.2, 0.25) is 5.91 Å². The van der Waals surface area contributed by atoms with Crippen LogP contribution in [0.25, 0.3) is 0 Å². The molecule has 1 aliphatic heterocycles. The third kappa shape index (κ3) is 4.64. The van der Waals surface area contributed by atoms with Gasteiger partial charge in [0.05, 0.1) is 12.7 Å². The normalized spacial score (nSPS) is 18.7. The van der Waals surface area contributed by atoms with Crippen molar-refractivity contribution in [1.82, 2.24) is 4.90 Å². The zero-order chi connectivity index (χ0) is 16.1. The van der Waals surface area contributed by atoms with E-state index in [1.54, 1.807) is 11.3 Å². The van der Waals surface area contributed by atoms with Crippen molar-refractivity contribution in [2.24, 2.45) is 0 Å². The summed E-state index contributed by atoms with van der Waals surface area (Å²) in [6.45, 7) is 2.66. The molecular formula is C18H22N2O2S. The molecule has 1 aromatic heterocycles. The van der Waals surface area contributed by atoms with E-state index in [1.165, 1.54) is 4.88 Å². The van der Waals surface area contributed by atoms with Crippen molar-refractivity contribution in [3.63, 3.8) is 0 Å². The molecule has 1 N–H and O–H groups in total. The summed E-state index contributed by atoms with van der Waals surface area (Å²) in [4.78, 5) is 15.5. The van der Waals surface area contributed by atoms with Gasteiger partial charge in [-0.05, 0) is 42.6 Å². The SMILES string of the molecule is CN1CCOC(c2ccc(NC(=O)CCc3cccs3)cc2)C1. The molecule has 1 atom stereocenters. The van der Waals surface area contributed by atoms with Crippen molar-refractivity contribution >= 4 is 22.9 Å². The largest absolute Gasteiger partial charge is 0.371 e. The Morgan fingerprint density at radius 3 is 2.87 bits per heavy atom. The van der Waals surface area contributed by atoms with Crippen LogP contribution in [-0.2, 0) is 16.0 Å². The minimum absolute atomic E-state index is 0.0554. The molecule has 1 aliphatic rings. The summed E-state index contributed by atoms with van der Waals surface area (Å²) in [5.41, 5.74) is 2.00. The lowest BCUT2D eigenvalue weighted by Crippen LogP contribution is -2.35. The summed E-state index contributed by atoms with van der Waals surface area (Å²) < 4.78 is 5.81. The Morgan fingerprint density at radius 2 is 2.17 bits per heavy atom. The van der Waals surface area contributed by atoms with Gasteiger partial charge in [0, 0.05) is 30.1 Å². The average molecular weight is 330 g/mol. The molecular weight excluding hydrogens is 308 g/mol. The van der Waals surface area contributed by atoms with Gasteiger partial charge >= 0.3 is 0 Å². The number of amides is 1. The number of morpholine rings is 1. The number of anilines is 1.